The lowest BCUT2D eigenvalue weighted by Gasteiger charge is -2.11. The molecule has 0 aliphatic carbocycles. The number of carbonyl (C=O) groups is 1. The molecule has 2 aromatic carbocycles. The van der Waals surface area contributed by atoms with Crippen LogP contribution >= 0.6 is 0 Å². The maximum absolute atomic E-state index is 13.2. The predicted molar refractivity (Wildman–Crippen MR) is 126 cm³/mol. The fourth-order valence-corrected chi connectivity index (χ4v) is 4.04. The molecule has 3 heterocycles. The van der Waals surface area contributed by atoms with E-state index in [0.717, 1.165) is 28.1 Å². The number of carbonyl (C=O) groups excluding carboxylic acids is 1. The van der Waals surface area contributed by atoms with E-state index in [-0.39, 0.29) is 23.3 Å². The third-order valence-corrected chi connectivity index (χ3v) is 5.44. The zero-order chi connectivity index (χ0) is 22.9. The average Bonchev–Trinajstić information content (AvgIpc) is 3.38. The lowest BCUT2D eigenvalue weighted by atomic mass is 10.1. The Morgan fingerprint density at radius 3 is 2.79 bits per heavy atom. The van der Waals surface area contributed by atoms with Crippen molar-refractivity contribution in [2.45, 2.75) is 19.9 Å². The lowest BCUT2D eigenvalue weighted by molar-refractivity contribution is -0.578. The highest BCUT2D eigenvalue weighted by Gasteiger charge is 2.29. The van der Waals surface area contributed by atoms with E-state index < -0.39 is 0 Å². The van der Waals surface area contributed by atoms with Gasteiger partial charge >= 0.3 is 0 Å². The first-order valence-electron chi connectivity index (χ1n) is 10.5. The molecule has 0 aliphatic heterocycles. The zero-order valence-electron chi connectivity index (χ0n) is 18.2. The van der Waals surface area contributed by atoms with Gasteiger partial charge in [-0.25, -0.2) is 14.5 Å². The van der Waals surface area contributed by atoms with E-state index >= 15 is 0 Å². The summed E-state index contributed by atoms with van der Waals surface area (Å²) in [5.41, 5.74) is 10.4. The summed E-state index contributed by atoms with van der Waals surface area (Å²) in [5, 5.41) is 7.24. The fourth-order valence-electron chi connectivity index (χ4n) is 4.04. The number of hydrogen-bond donors (Lipinski definition) is 3. The van der Waals surface area contributed by atoms with Gasteiger partial charge in [0.25, 0.3) is 11.7 Å². The van der Waals surface area contributed by atoms with Gasteiger partial charge < -0.3 is 11.1 Å². The molecule has 162 valence electrons. The van der Waals surface area contributed by atoms with Crippen molar-refractivity contribution in [2.24, 2.45) is 0 Å². The maximum atomic E-state index is 13.2. The van der Waals surface area contributed by atoms with Crippen LogP contribution in [-0.4, -0.2) is 25.5 Å². The Hall–Kier alpha value is -4.64. The first-order valence-corrected chi connectivity index (χ1v) is 10.5. The molecular weight excluding hydrogens is 414 g/mol. The first kappa shape index (κ1) is 20.3. The molecule has 4 N–H and O–H groups in total. The van der Waals surface area contributed by atoms with Crippen LogP contribution in [0.1, 0.15) is 41.6 Å². The minimum atomic E-state index is -0.384. The van der Waals surface area contributed by atoms with Crippen molar-refractivity contribution in [1.82, 2.24) is 24.9 Å². The number of para-hydroxylation sites is 2. The predicted octanol–water partition coefficient (Wildman–Crippen LogP) is 2.93. The summed E-state index contributed by atoms with van der Waals surface area (Å²) >= 11 is 0. The number of hydrogen-bond acceptors (Lipinski definition) is 4. The van der Waals surface area contributed by atoms with E-state index in [2.05, 4.69) is 36.8 Å². The Bertz CT molecular complexity index is 1550. The molecule has 5 rings (SSSR count). The maximum Gasteiger partial charge on any atom is 0.283 e. The van der Waals surface area contributed by atoms with Crippen molar-refractivity contribution in [3.8, 4) is 17.5 Å². The molecule has 1 atom stereocenters. The van der Waals surface area contributed by atoms with Gasteiger partial charge in [0.1, 0.15) is 17.3 Å². The van der Waals surface area contributed by atoms with Crippen LogP contribution in [0.15, 0.2) is 67.0 Å². The van der Waals surface area contributed by atoms with Gasteiger partial charge in [0.15, 0.2) is 22.5 Å². The smallest absolute Gasteiger partial charge is 0.283 e. The molecule has 0 aliphatic rings. The minimum Gasteiger partial charge on any atom is -0.381 e. The second kappa shape index (κ2) is 8.13. The molecule has 5 aromatic rings. The highest BCUT2D eigenvalue weighted by molar-refractivity contribution is 6.04. The molecular formula is C25H22N7O+. The van der Waals surface area contributed by atoms with Crippen LogP contribution in [0.2, 0.25) is 0 Å². The van der Waals surface area contributed by atoms with Gasteiger partial charge in [0, 0.05) is 12.4 Å². The fraction of sp³-hybridized carbons (Fsp3) is 0.120. The van der Waals surface area contributed by atoms with Gasteiger partial charge in [-0.1, -0.05) is 30.2 Å². The third-order valence-electron chi connectivity index (χ3n) is 5.44. The minimum absolute atomic E-state index is 0.131. The number of benzene rings is 2. The number of amides is 1. The number of imidazole rings is 1. The number of H-pyrrole nitrogens is 1. The Balaban J connectivity index is 1.62. The molecule has 8 heteroatoms. The van der Waals surface area contributed by atoms with Gasteiger partial charge in [-0.2, -0.15) is 4.57 Å². The van der Waals surface area contributed by atoms with Crippen LogP contribution in [0.4, 0.5) is 5.82 Å². The summed E-state index contributed by atoms with van der Waals surface area (Å²) in [6, 6.07) is 17.3. The normalized spacial score (nSPS) is 11.8. The van der Waals surface area contributed by atoms with E-state index in [1.807, 2.05) is 62.4 Å². The molecule has 0 saturated heterocycles. The molecule has 1 unspecified atom stereocenters. The van der Waals surface area contributed by atoms with Gasteiger partial charge in [0.05, 0.1) is 5.56 Å². The molecule has 0 fully saturated rings. The zero-order valence-corrected chi connectivity index (χ0v) is 18.2. The van der Waals surface area contributed by atoms with Crippen LogP contribution in [-0.2, 0) is 0 Å². The topological polar surface area (TPSA) is 105 Å². The number of nitrogens with one attached hydrogen (secondary N) is 2. The summed E-state index contributed by atoms with van der Waals surface area (Å²) < 4.78 is 3.59. The Morgan fingerprint density at radius 1 is 1.18 bits per heavy atom. The second-order valence-electron chi connectivity index (χ2n) is 7.60. The van der Waals surface area contributed by atoms with Crippen LogP contribution in [0.25, 0.3) is 22.4 Å². The van der Waals surface area contributed by atoms with Crippen LogP contribution < -0.4 is 15.6 Å². The van der Waals surface area contributed by atoms with E-state index in [1.165, 1.54) is 4.52 Å². The molecule has 8 nitrogen and oxygen atoms in total. The number of fused-ring (bicyclic) bond motifs is 2. The van der Waals surface area contributed by atoms with Gasteiger partial charge in [-0.15, -0.1) is 11.0 Å². The van der Waals surface area contributed by atoms with Crippen molar-refractivity contribution in [1.29, 1.82) is 0 Å². The summed E-state index contributed by atoms with van der Waals surface area (Å²) in [6.07, 6.45) is 3.31. The molecule has 3 aromatic heterocycles. The lowest BCUT2D eigenvalue weighted by Crippen LogP contribution is -2.40. The number of aromatic nitrogens is 5. The molecule has 0 saturated carbocycles. The van der Waals surface area contributed by atoms with Crippen molar-refractivity contribution < 1.29 is 9.36 Å². The van der Waals surface area contributed by atoms with Crippen LogP contribution in [0, 0.1) is 11.8 Å². The van der Waals surface area contributed by atoms with Crippen molar-refractivity contribution in [2.75, 3.05) is 5.73 Å². The van der Waals surface area contributed by atoms with Crippen LogP contribution in [0.3, 0.4) is 0 Å². The Morgan fingerprint density at radius 2 is 2.00 bits per heavy atom. The highest BCUT2D eigenvalue weighted by atomic mass is 16.1. The summed E-state index contributed by atoms with van der Waals surface area (Å²) in [7, 11) is 0. The SMILES string of the molecule is CC#Cc1cccc2[nH]c(C(C)NC(=O)c3c(N)nn4cccnc34)[n+](-c3ccccc3)c12. The van der Waals surface area contributed by atoms with Crippen molar-refractivity contribution >= 4 is 28.4 Å². The summed E-state index contributed by atoms with van der Waals surface area (Å²) in [6.45, 7) is 3.74. The molecule has 0 bridgehead atoms. The van der Waals surface area contributed by atoms with Gasteiger partial charge in [0.2, 0.25) is 0 Å². The average molecular weight is 436 g/mol. The van der Waals surface area contributed by atoms with E-state index in [0.29, 0.717) is 5.65 Å². The Labute approximate surface area is 190 Å². The number of nitrogens with zero attached hydrogens (tertiary/aromatic N) is 4. The number of nitrogens with two attached hydrogens (primary N) is 1. The summed E-state index contributed by atoms with van der Waals surface area (Å²) in [5.74, 6) is 6.77. The quantitative estimate of drug-likeness (QED) is 0.298. The van der Waals surface area contributed by atoms with Crippen molar-refractivity contribution in [3.63, 3.8) is 0 Å². The Kier molecular flexibility index (Phi) is 4.99. The first-order chi connectivity index (χ1) is 16.1. The number of aromatic amines is 1. The van der Waals surface area contributed by atoms with Crippen molar-refractivity contribution in [3.05, 3.63) is 83.9 Å². The van der Waals surface area contributed by atoms with E-state index in [4.69, 9.17) is 5.73 Å². The van der Waals surface area contributed by atoms with Gasteiger partial charge in [-0.05, 0) is 44.2 Å². The molecule has 0 radical (unpaired) electrons. The monoisotopic (exact) mass is 436 g/mol. The van der Waals surface area contributed by atoms with Gasteiger partial charge in [-0.3, -0.25) is 4.79 Å². The number of rotatable bonds is 4. The number of anilines is 1. The standard InChI is InChI=1S/C25H21N7O/c1-3-9-17-10-7-13-19-21(17)32(18-11-5-4-6-12-18)23(29-19)16(2)28-25(33)20-22(26)30-31-15-8-14-27-24(20)31/h4-8,10-16H,1-2H3,(H3,26,28,30,33)/p+1. The van der Waals surface area contributed by atoms with E-state index in [9.17, 15) is 4.79 Å². The summed E-state index contributed by atoms with van der Waals surface area (Å²) in [4.78, 5) is 21.0. The largest absolute Gasteiger partial charge is 0.381 e. The van der Waals surface area contributed by atoms with Crippen LogP contribution in [0.5, 0.6) is 0 Å². The van der Waals surface area contributed by atoms with E-state index in [1.54, 1.807) is 18.5 Å². The second-order valence-corrected chi connectivity index (χ2v) is 7.60. The third kappa shape index (κ3) is 3.46. The molecule has 33 heavy (non-hydrogen) atoms. The molecule has 1 amide bonds. The highest BCUT2D eigenvalue weighted by Crippen LogP contribution is 2.22. The number of nitrogen functional groups attached to an aromatic ring is 1. The molecule has 0 spiro atoms.